The third-order valence-corrected chi connectivity index (χ3v) is 4.93. The van der Waals surface area contributed by atoms with Crippen molar-refractivity contribution >= 4 is 17.4 Å². The van der Waals surface area contributed by atoms with Crippen LogP contribution >= 0.6 is 0 Å². The third-order valence-electron chi connectivity index (χ3n) is 4.93. The first-order chi connectivity index (χ1) is 11.9. The number of amides is 1. The summed E-state index contributed by atoms with van der Waals surface area (Å²) in [5, 5.41) is 12.1. The van der Waals surface area contributed by atoms with E-state index in [0.29, 0.717) is 5.95 Å². The van der Waals surface area contributed by atoms with E-state index in [2.05, 4.69) is 31.5 Å². The van der Waals surface area contributed by atoms with Crippen LogP contribution in [0.3, 0.4) is 0 Å². The number of anilines is 1. The highest BCUT2D eigenvalue weighted by Gasteiger charge is 2.52. The van der Waals surface area contributed by atoms with E-state index < -0.39 is 5.41 Å². The van der Waals surface area contributed by atoms with E-state index in [1.165, 1.54) is 4.80 Å². The Bertz CT molecular complexity index is 907. The molecule has 0 bridgehead atoms. The van der Waals surface area contributed by atoms with Gasteiger partial charge in [0, 0.05) is 29.6 Å². The maximum absolute atomic E-state index is 13.0. The molecule has 0 aromatic carbocycles. The Kier molecular flexibility index (Phi) is 3.31. The monoisotopic (exact) mass is 337 g/mol. The Morgan fingerprint density at radius 3 is 2.60 bits per heavy atom. The molecule has 0 radical (unpaired) electrons. The van der Waals surface area contributed by atoms with Crippen LogP contribution in [0.1, 0.15) is 31.7 Å². The molecule has 4 rings (SSSR count). The molecule has 8 nitrogen and oxygen atoms in total. The average molecular weight is 337 g/mol. The number of allylic oxidation sites excluding steroid dienone is 4. The van der Waals surface area contributed by atoms with Crippen molar-refractivity contribution in [1.82, 2.24) is 30.2 Å². The predicted octanol–water partition coefficient (Wildman–Crippen LogP) is 1.67. The molecule has 8 heteroatoms. The van der Waals surface area contributed by atoms with Crippen LogP contribution in [0.15, 0.2) is 30.2 Å². The highest BCUT2D eigenvalue weighted by molar-refractivity contribution is 6.03. The SMILES string of the molecule is Cc1ncc(C2=CCC3C(=C2)N(c2nnn(C)n2)C(=O)C3(C)C)cn1. The van der Waals surface area contributed by atoms with Gasteiger partial charge in [-0.2, -0.15) is 4.80 Å². The molecule has 0 spiro atoms. The Morgan fingerprint density at radius 1 is 1.24 bits per heavy atom. The van der Waals surface area contributed by atoms with Gasteiger partial charge in [-0.3, -0.25) is 4.79 Å². The highest BCUT2D eigenvalue weighted by atomic mass is 16.2. The maximum atomic E-state index is 13.0. The summed E-state index contributed by atoms with van der Waals surface area (Å²) in [4.78, 5) is 24.5. The van der Waals surface area contributed by atoms with Gasteiger partial charge in [-0.15, -0.1) is 5.10 Å². The van der Waals surface area contributed by atoms with Crippen molar-refractivity contribution in [1.29, 1.82) is 0 Å². The molecule has 0 N–H and O–H groups in total. The first-order valence-corrected chi connectivity index (χ1v) is 8.17. The summed E-state index contributed by atoms with van der Waals surface area (Å²) in [6, 6.07) is 0. The molecule has 1 amide bonds. The largest absolute Gasteiger partial charge is 0.276 e. The number of hydrogen-bond acceptors (Lipinski definition) is 6. The molecule has 128 valence electrons. The molecule has 0 saturated carbocycles. The van der Waals surface area contributed by atoms with Crippen LogP contribution in [0.25, 0.3) is 5.57 Å². The van der Waals surface area contributed by atoms with E-state index in [1.807, 2.05) is 26.8 Å². The molecule has 1 aliphatic heterocycles. The smallest absolute Gasteiger partial charge is 0.273 e. The fraction of sp³-hybridized carbons (Fsp3) is 0.412. The van der Waals surface area contributed by atoms with Gasteiger partial charge in [-0.1, -0.05) is 25.0 Å². The van der Waals surface area contributed by atoms with Crippen LogP contribution in [0.4, 0.5) is 5.95 Å². The van der Waals surface area contributed by atoms with Crippen LogP contribution in [-0.2, 0) is 11.8 Å². The number of fused-ring (bicyclic) bond motifs is 1. The Labute approximate surface area is 145 Å². The summed E-state index contributed by atoms with van der Waals surface area (Å²) in [7, 11) is 1.68. The van der Waals surface area contributed by atoms with Crippen LogP contribution in [-0.4, -0.2) is 36.1 Å². The zero-order chi connectivity index (χ0) is 17.8. The number of aryl methyl sites for hydroxylation is 2. The zero-order valence-corrected chi connectivity index (χ0v) is 14.6. The highest BCUT2D eigenvalue weighted by Crippen LogP contribution is 2.49. The van der Waals surface area contributed by atoms with Crippen molar-refractivity contribution in [3.63, 3.8) is 0 Å². The molecule has 25 heavy (non-hydrogen) atoms. The number of aromatic nitrogens is 6. The van der Waals surface area contributed by atoms with Gasteiger partial charge in [0.2, 0.25) is 5.91 Å². The summed E-state index contributed by atoms with van der Waals surface area (Å²) in [6.45, 7) is 5.79. The summed E-state index contributed by atoms with van der Waals surface area (Å²) in [6.07, 6.45) is 8.54. The molecule has 2 aromatic heterocycles. The van der Waals surface area contributed by atoms with Gasteiger partial charge in [0.15, 0.2) is 0 Å². The normalized spacial score (nSPS) is 21.8. The second kappa shape index (κ2) is 5.30. The first-order valence-electron chi connectivity index (χ1n) is 8.17. The summed E-state index contributed by atoms with van der Waals surface area (Å²) in [5.41, 5.74) is 2.32. The van der Waals surface area contributed by atoms with Crippen molar-refractivity contribution in [2.75, 3.05) is 4.90 Å². The van der Waals surface area contributed by atoms with Gasteiger partial charge >= 0.3 is 0 Å². The lowest BCUT2D eigenvalue weighted by molar-refractivity contribution is -0.125. The zero-order valence-electron chi connectivity index (χ0n) is 14.6. The Hall–Kier alpha value is -2.90. The molecule has 2 aliphatic rings. The Morgan fingerprint density at radius 2 is 1.96 bits per heavy atom. The van der Waals surface area contributed by atoms with Crippen LogP contribution in [0, 0.1) is 18.3 Å². The summed E-state index contributed by atoms with van der Waals surface area (Å²) in [5.74, 6) is 1.12. The maximum Gasteiger partial charge on any atom is 0.276 e. The van der Waals surface area contributed by atoms with Crippen molar-refractivity contribution in [3.8, 4) is 0 Å². The summed E-state index contributed by atoms with van der Waals surface area (Å²) >= 11 is 0. The van der Waals surface area contributed by atoms with Gasteiger partial charge < -0.3 is 0 Å². The lowest BCUT2D eigenvalue weighted by atomic mass is 9.75. The molecule has 1 fully saturated rings. The Balaban J connectivity index is 1.79. The quantitative estimate of drug-likeness (QED) is 0.828. The molecular weight excluding hydrogens is 318 g/mol. The molecule has 1 aliphatic carbocycles. The van der Waals surface area contributed by atoms with Crippen molar-refractivity contribution in [3.05, 3.63) is 41.6 Å². The second-order valence-electron chi connectivity index (χ2n) is 6.98. The van der Waals surface area contributed by atoms with E-state index in [1.54, 1.807) is 24.3 Å². The van der Waals surface area contributed by atoms with E-state index in [9.17, 15) is 4.79 Å². The first kappa shape index (κ1) is 15.6. The third kappa shape index (κ3) is 2.36. The minimum Gasteiger partial charge on any atom is -0.273 e. The minimum atomic E-state index is -0.517. The van der Waals surface area contributed by atoms with Crippen LogP contribution in [0.5, 0.6) is 0 Å². The number of carbonyl (C=O) groups is 1. The fourth-order valence-corrected chi connectivity index (χ4v) is 3.44. The van der Waals surface area contributed by atoms with Crippen molar-refractivity contribution < 1.29 is 4.79 Å². The fourth-order valence-electron chi connectivity index (χ4n) is 3.44. The standard InChI is InChI=1S/C17H19N7O/c1-10-18-8-12(9-19-10)11-5-6-13-14(7-11)24(15(25)17(13,2)3)16-20-22-23(4)21-16/h5,7-9,13H,6H2,1-4H3. The van der Waals surface area contributed by atoms with Gasteiger partial charge in [0.1, 0.15) is 5.82 Å². The number of rotatable bonds is 2. The lowest BCUT2D eigenvalue weighted by Crippen LogP contribution is -2.32. The van der Waals surface area contributed by atoms with Crippen LogP contribution < -0.4 is 4.90 Å². The molecular formula is C17H19N7O. The lowest BCUT2D eigenvalue weighted by Gasteiger charge is -2.25. The summed E-state index contributed by atoms with van der Waals surface area (Å²) < 4.78 is 0. The van der Waals surface area contributed by atoms with Crippen molar-refractivity contribution in [2.45, 2.75) is 27.2 Å². The second-order valence-corrected chi connectivity index (χ2v) is 6.98. The van der Waals surface area contributed by atoms with E-state index >= 15 is 0 Å². The number of carbonyl (C=O) groups excluding carboxylic acids is 1. The number of hydrogen-bond donors (Lipinski definition) is 0. The van der Waals surface area contributed by atoms with Gasteiger partial charge in [-0.25, -0.2) is 14.9 Å². The molecule has 2 aromatic rings. The van der Waals surface area contributed by atoms with Gasteiger partial charge in [0.25, 0.3) is 5.95 Å². The van der Waals surface area contributed by atoms with Gasteiger partial charge in [-0.05, 0) is 30.2 Å². The molecule has 1 unspecified atom stereocenters. The minimum absolute atomic E-state index is 0.00782. The molecule has 1 saturated heterocycles. The number of nitrogens with zero attached hydrogens (tertiary/aromatic N) is 7. The van der Waals surface area contributed by atoms with E-state index in [0.717, 1.165) is 29.1 Å². The molecule has 3 heterocycles. The topological polar surface area (TPSA) is 89.7 Å². The van der Waals surface area contributed by atoms with Gasteiger partial charge in [0.05, 0.1) is 12.5 Å². The van der Waals surface area contributed by atoms with E-state index in [4.69, 9.17) is 0 Å². The number of tetrazole rings is 1. The average Bonchev–Trinajstić information content (AvgIpc) is 3.08. The molecule has 1 atom stereocenters. The van der Waals surface area contributed by atoms with E-state index in [-0.39, 0.29) is 11.8 Å². The van der Waals surface area contributed by atoms with Crippen molar-refractivity contribution in [2.24, 2.45) is 18.4 Å². The van der Waals surface area contributed by atoms with Crippen LogP contribution in [0.2, 0.25) is 0 Å². The predicted molar refractivity (Wildman–Crippen MR) is 91.0 cm³/mol.